The number of aromatic nitrogens is 2. The third-order valence-electron chi connectivity index (χ3n) is 4.03. The van der Waals surface area contributed by atoms with E-state index in [9.17, 15) is 4.79 Å². The molecule has 6 nitrogen and oxygen atoms in total. The van der Waals surface area contributed by atoms with E-state index in [-0.39, 0.29) is 11.9 Å². The lowest BCUT2D eigenvalue weighted by molar-refractivity contribution is 0.0896. The summed E-state index contributed by atoms with van der Waals surface area (Å²) in [5.41, 5.74) is 2.09. The Morgan fingerprint density at radius 1 is 1.57 bits per heavy atom. The van der Waals surface area contributed by atoms with E-state index in [2.05, 4.69) is 26.3 Å². The van der Waals surface area contributed by atoms with E-state index in [1.807, 2.05) is 18.3 Å². The fraction of sp³-hybridized carbons (Fsp3) is 0.353. The van der Waals surface area contributed by atoms with E-state index in [1.54, 1.807) is 18.5 Å². The fourth-order valence-electron chi connectivity index (χ4n) is 2.92. The molecule has 2 N–H and O–H groups in total. The predicted octanol–water partition coefficient (Wildman–Crippen LogP) is 1.68. The number of nitrogens with zero attached hydrogens (tertiary/aromatic N) is 3. The molecule has 6 heteroatoms. The number of amides is 1. The maximum Gasteiger partial charge on any atom is 0.267 e. The molecule has 1 saturated heterocycles. The molecule has 0 unspecified atom stereocenters. The van der Waals surface area contributed by atoms with Crippen LogP contribution in [0, 0.1) is 11.3 Å². The minimum atomic E-state index is -0.153. The van der Waals surface area contributed by atoms with Gasteiger partial charge in [0, 0.05) is 37.7 Å². The number of likely N-dealkylation sites (tertiary alicyclic amines) is 1. The van der Waals surface area contributed by atoms with Crippen LogP contribution >= 0.6 is 0 Å². The zero-order valence-electron chi connectivity index (χ0n) is 12.8. The second-order valence-corrected chi connectivity index (χ2v) is 5.82. The number of carbonyl (C=O) groups is 1. The van der Waals surface area contributed by atoms with Crippen LogP contribution in [0.1, 0.15) is 34.5 Å². The first-order valence-electron chi connectivity index (χ1n) is 7.75. The lowest BCUT2D eigenvalue weighted by Crippen LogP contribution is -2.47. The maximum absolute atomic E-state index is 12.2. The van der Waals surface area contributed by atoms with Crippen molar-refractivity contribution in [2.24, 2.45) is 0 Å². The molecule has 1 fully saturated rings. The Balaban J connectivity index is 1.56. The second-order valence-electron chi connectivity index (χ2n) is 5.82. The van der Waals surface area contributed by atoms with Crippen LogP contribution in [0.5, 0.6) is 0 Å². The fourth-order valence-corrected chi connectivity index (χ4v) is 2.92. The summed E-state index contributed by atoms with van der Waals surface area (Å²) in [7, 11) is 0. The number of rotatable bonds is 4. The molecule has 23 heavy (non-hydrogen) atoms. The van der Waals surface area contributed by atoms with Crippen molar-refractivity contribution in [3.05, 3.63) is 53.6 Å². The van der Waals surface area contributed by atoms with Crippen LogP contribution in [0.25, 0.3) is 0 Å². The van der Waals surface area contributed by atoms with Crippen molar-refractivity contribution in [1.82, 2.24) is 20.2 Å². The number of nitrogens with one attached hydrogen (secondary N) is 2. The lowest BCUT2D eigenvalue weighted by atomic mass is 10.0. The molecule has 0 aromatic carbocycles. The lowest BCUT2D eigenvalue weighted by Gasteiger charge is -2.33. The number of H-pyrrole nitrogens is 1. The molecule has 2 aromatic rings. The van der Waals surface area contributed by atoms with Gasteiger partial charge in [-0.05, 0) is 37.1 Å². The number of pyridine rings is 1. The Hall–Kier alpha value is -2.65. The van der Waals surface area contributed by atoms with Crippen molar-refractivity contribution in [1.29, 1.82) is 5.26 Å². The summed E-state index contributed by atoms with van der Waals surface area (Å²) in [6.45, 7) is 2.70. The standard InChI is InChI=1S/C17H19N5O/c18-8-14-7-16(20-10-14)17(23)21-15-4-2-6-22(12-15)11-13-3-1-5-19-9-13/h1,3,5,7,9-10,15,20H,2,4,6,11-12H2,(H,21,23)/t15-/m0/s1. The molecule has 0 saturated carbocycles. The third-order valence-corrected chi connectivity index (χ3v) is 4.03. The van der Waals surface area contributed by atoms with Crippen molar-refractivity contribution < 1.29 is 4.79 Å². The summed E-state index contributed by atoms with van der Waals surface area (Å²) in [5.74, 6) is -0.153. The zero-order valence-corrected chi connectivity index (χ0v) is 12.8. The Bertz CT molecular complexity index is 703. The quantitative estimate of drug-likeness (QED) is 0.900. The topological polar surface area (TPSA) is 84.8 Å². The van der Waals surface area contributed by atoms with Crippen molar-refractivity contribution >= 4 is 5.91 Å². The van der Waals surface area contributed by atoms with Crippen molar-refractivity contribution in [3.8, 4) is 6.07 Å². The summed E-state index contributed by atoms with van der Waals surface area (Å²) in [6, 6.07) is 7.72. The van der Waals surface area contributed by atoms with Crippen LogP contribution in [0.4, 0.5) is 0 Å². The van der Waals surface area contributed by atoms with Crippen molar-refractivity contribution in [3.63, 3.8) is 0 Å². The minimum absolute atomic E-state index is 0.127. The van der Waals surface area contributed by atoms with E-state index in [0.29, 0.717) is 11.3 Å². The molecule has 0 bridgehead atoms. The van der Waals surface area contributed by atoms with E-state index < -0.39 is 0 Å². The Morgan fingerprint density at radius 2 is 2.48 bits per heavy atom. The molecular weight excluding hydrogens is 290 g/mol. The smallest absolute Gasteiger partial charge is 0.267 e. The number of hydrogen-bond acceptors (Lipinski definition) is 4. The van der Waals surface area contributed by atoms with Crippen LogP contribution < -0.4 is 5.32 Å². The number of aromatic amines is 1. The molecule has 118 valence electrons. The summed E-state index contributed by atoms with van der Waals surface area (Å²) in [6.07, 6.45) is 7.23. The molecule has 1 aliphatic rings. The number of nitriles is 1. The number of carbonyl (C=O) groups excluding carboxylic acids is 1. The minimum Gasteiger partial charge on any atom is -0.356 e. The van der Waals surface area contributed by atoms with E-state index in [0.717, 1.165) is 32.5 Å². The SMILES string of the molecule is N#Cc1c[nH]c(C(=O)N[C@H]2CCCN(Cc3cccnc3)C2)c1. The molecule has 2 aromatic heterocycles. The molecule has 0 aliphatic carbocycles. The highest BCUT2D eigenvalue weighted by Gasteiger charge is 2.22. The van der Waals surface area contributed by atoms with E-state index >= 15 is 0 Å². The zero-order chi connectivity index (χ0) is 16.1. The first kappa shape index (κ1) is 15.3. The van der Waals surface area contributed by atoms with E-state index in [4.69, 9.17) is 5.26 Å². The number of hydrogen-bond donors (Lipinski definition) is 2. The summed E-state index contributed by atoms with van der Waals surface area (Å²) in [4.78, 5) is 21.5. The van der Waals surface area contributed by atoms with Gasteiger partial charge in [0.1, 0.15) is 11.8 Å². The molecule has 0 spiro atoms. The van der Waals surface area contributed by atoms with Gasteiger partial charge in [0.05, 0.1) is 5.56 Å². The van der Waals surface area contributed by atoms with Gasteiger partial charge in [0.2, 0.25) is 0 Å². The first-order valence-corrected chi connectivity index (χ1v) is 7.75. The summed E-state index contributed by atoms with van der Waals surface area (Å²) < 4.78 is 0. The van der Waals surface area contributed by atoms with Crippen LogP contribution in [0.15, 0.2) is 36.8 Å². The van der Waals surface area contributed by atoms with Gasteiger partial charge in [0.25, 0.3) is 5.91 Å². The maximum atomic E-state index is 12.2. The Morgan fingerprint density at radius 3 is 3.22 bits per heavy atom. The van der Waals surface area contributed by atoms with Gasteiger partial charge < -0.3 is 10.3 Å². The summed E-state index contributed by atoms with van der Waals surface area (Å²) in [5, 5.41) is 11.9. The average Bonchev–Trinajstić information content (AvgIpc) is 3.05. The molecule has 1 atom stereocenters. The monoisotopic (exact) mass is 309 g/mol. The van der Waals surface area contributed by atoms with Crippen molar-refractivity contribution in [2.45, 2.75) is 25.4 Å². The van der Waals surface area contributed by atoms with Gasteiger partial charge in [-0.2, -0.15) is 5.26 Å². The van der Waals surface area contributed by atoms with Gasteiger partial charge in [-0.3, -0.25) is 14.7 Å². The van der Waals surface area contributed by atoms with Gasteiger partial charge in [-0.25, -0.2) is 0 Å². The van der Waals surface area contributed by atoms with Crippen LogP contribution in [-0.4, -0.2) is 39.9 Å². The Kier molecular flexibility index (Phi) is 4.69. The predicted molar refractivity (Wildman–Crippen MR) is 85.5 cm³/mol. The summed E-state index contributed by atoms with van der Waals surface area (Å²) >= 11 is 0. The van der Waals surface area contributed by atoms with Crippen LogP contribution in [-0.2, 0) is 6.54 Å². The molecule has 3 rings (SSSR count). The molecule has 3 heterocycles. The Labute approximate surface area is 135 Å². The normalized spacial score (nSPS) is 18.3. The average molecular weight is 309 g/mol. The molecule has 1 amide bonds. The van der Waals surface area contributed by atoms with Gasteiger partial charge in [0.15, 0.2) is 0 Å². The second kappa shape index (κ2) is 7.07. The number of piperidine rings is 1. The van der Waals surface area contributed by atoms with E-state index in [1.165, 1.54) is 5.56 Å². The van der Waals surface area contributed by atoms with Gasteiger partial charge in [-0.15, -0.1) is 0 Å². The van der Waals surface area contributed by atoms with Gasteiger partial charge in [-0.1, -0.05) is 6.07 Å². The third kappa shape index (κ3) is 3.96. The molecule has 1 aliphatic heterocycles. The highest BCUT2D eigenvalue weighted by Crippen LogP contribution is 2.14. The largest absolute Gasteiger partial charge is 0.356 e. The van der Waals surface area contributed by atoms with Crippen molar-refractivity contribution in [2.75, 3.05) is 13.1 Å². The molecule has 0 radical (unpaired) electrons. The highest BCUT2D eigenvalue weighted by molar-refractivity contribution is 5.93. The molecular formula is C17H19N5O. The first-order chi connectivity index (χ1) is 11.2. The highest BCUT2D eigenvalue weighted by atomic mass is 16.1. The van der Waals surface area contributed by atoms with Gasteiger partial charge >= 0.3 is 0 Å². The van der Waals surface area contributed by atoms with Crippen LogP contribution in [0.2, 0.25) is 0 Å². The van der Waals surface area contributed by atoms with Crippen LogP contribution in [0.3, 0.4) is 0 Å².